The summed E-state index contributed by atoms with van der Waals surface area (Å²) in [7, 11) is 0. The maximum Gasteiger partial charge on any atom is 0.326 e. The van der Waals surface area contributed by atoms with Crippen LogP contribution >= 0.6 is 0 Å². The predicted molar refractivity (Wildman–Crippen MR) is 86.2 cm³/mol. The van der Waals surface area contributed by atoms with Crippen molar-refractivity contribution in [3.8, 4) is 11.5 Å². The fraction of sp³-hybridized carbons (Fsp3) is 0.444. The number of furan rings is 1. The standard InChI is InChI=1S/C18H18N2O6/c21-16(9-20-17(22)12-4-1-2-5-13(12)18(20)23)25-10-11-8-15(26-19-11)14-6-3-7-24-14/h3,6-8,12-13H,1-2,4-5,9-10H2/t12-,13-/m1/s1. The summed E-state index contributed by atoms with van der Waals surface area (Å²) in [6.45, 7) is -0.459. The topological polar surface area (TPSA) is 103 Å². The number of imide groups is 1. The fourth-order valence-electron chi connectivity index (χ4n) is 3.63. The molecule has 0 radical (unpaired) electrons. The molecule has 0 aromatic carbocycles. The Morgan fingerprint density at radius 2 is 1.92 bits per heavy atom. The van der Waals surface area contributed by atoms with E-state index in [1.165, 1.54) is 6.26 Å². The highest BCUT2D eigenvalue weighted by Crippen LogP contribution is 2.37. The third-order valence-corrected chi connectivity index (χ3v) is 4.92. The van der Waals surface area contributed by atoms with Gasteiger partial charge in [0.1, 0.15) is 18.8 Å². The van der Waals surface area contributed by atoms with Crippen molar-refractivity contribution in [3.05, 3.63) is 30.2 Å². The summed E-state index contributed by atoms with van der Waals surface area (Å²) in [5.41, 5.74) is 0.414. The van der Waals surface area contributed by atoms with Gasteiger partial charge in [0.2, 0.25) is 17.6 Å². The molecule has 1 aliphatic heterocycles. The monoisotopic (exact) mass is 358 g/mol. The van der Waals surface area contributed by atoms with E-state index in [1.807, 2.05) is 0 Å². The van der Waals surface area contributed by atoms with Crippen molar-refractivity contribution in [2.45, 2.75) is 32.3 Å². The van der Waals surface area contributed by atoms with Crippen LogP contribution in [0, 0.1) is 11.8 Å². The summed E-state index contributed by atoms with van der Waals surface area (Å²) in [6, 6.07) is 5.05. The Hall–Kier alpha value is -2.90. The second-order valence-corrected chi connectivity index (χ2v) is 6.58. The van der Waals surface area contributed by atoms with Crippen LogP contribution in [0.15, 0.2) is 33.4 Å². The third kappa shape index (κ3) is 3.02. The zero-order valence-corrected chi connectivity index (χ0v) is 14.1. The largest absolute Gasteiger partial charge is 0.461 e. The van der Waals surface area contributed by atoms with Crippen LogP contribution in [0.3, 0.4) is 0 Å². The number of carbonyl (C=O) groups excluding carboxylic acids is 3. The van der Waals surface area contributed by atoms with E-state index in [9.17, 15) is 14.4 Å². The molecular weight excluding hydrogens is 340 g/mol. The Morgan fingerprint density at radius 1 is 1.19 bits per heavy atom. The smallest absolute Gasteiger partial charge is 0.326 e. The average molecular weight is 358 g/mol. The van der Waals surface area contributed by atoms with Gasteiger partial charge in [0.25, 0.3) is 0 Å². The number of fused-ring (bicyclic) bond motifs is 1. The summed E-state index contributed by atoms with van der Waals surface area (Å²) >= 11 is 0. The van der Waals surface area contributed by atoms with Crippen LogP contribution in [0.2, 0.25) is 0 Å². The van der Waals surface area contributed by atoms with Crippen molar-refractivity contribution in [1.82, 2.24) is 10.1 Å². The van der Waals surface area contributed by atoms with Gasteiger partial charge in [-0.05, 0) is 25.0 Å². The molecule has 26 heavy (non-hydrogen) atoms. The molecule has 1 aliphatic carbocycles. The minimum atomic E-state index is -0.645. The first kappa shape index (κ1) is 16.6. The Kier molecular flexibility index (Phi) is 4.32. The lowest BCUT2D eigenvalue weighted by Crippen LogP contribution is -2.36. The molecule has 2 fully saturated rings. The van der Waals surface area contributed by atoms with E-state index in [0.717, 1.165) is 30.6 Å². The molecule has 0 spiro atoms. The maximum atomic E-state index is 12.4. The first-order chi connectivity index (χ1) is 12.6. The first-order valence-corrected chi connectivity index (χ1v) is 8.64. The van der Waals surface area contributed by atoms with Gasteiger partial charge in [0.05, 0.1) is 18.1 Å². The molecule has 136 valence electrons. The molecule has 8 nitrogen and oxygen atoms in total. The van der Waals surface area contributed by atoms with Gasteiger partial charge in [0, 0.05) is 6.07 Å². The highest BCUT2D eigenvalue weighted by Gasteiger charge is 2.48. The second kappa shape index (κ2) is 6.78. The minimum Gasteiger partial charge on any atom is -0.461 e. The highest BCUT2D eigenvalue weighted by atomic mass is 16.5. The zero-order valence-electron chi connectivity index (χ0n) is 14.1. The van der Waals surface area contributed by atoms with Crippen molar-refractivity contribution >= 4 is 17.8 Å². The summed E-state index contributed by atoms with van der Waals surface area (Å²) in [5, 5.41) is 3.81. The Morgan fingerprint density at radius 3 is 2.58 bits per heavy atom. The van der Waals surface area contributed by atoms with E-state index in [1.54, 1.807) is 18.2 Å². The molecular formula is C18H18N2O6. The Bertz CT molecular complexity index is 801. The normalized spacial score (nSPS) is 22.5. The minimum absolute atomic E-state index is 0.105. The van der Waals surface area contributed by atoms with Crippen LogP contribution in [0.5, 0.6) is 0 Å². The van der Waals surface area contributed by atoms with Crippen molar-refractivity contribution in [1.29, 1.82) is 0 Å². The van der Waals surface area contributed by atoms with Crippen LogP contribution in [-0.2, 0) is 25.7 Å². The Balaban J connectivity index is 1.33. The molecule has 1 saturated heterocycles. The molecule has 2 amide bonds. The number of aromatic nitrogens is 1. The third-order valence-electron chi connectivity index (χ3n) is 4.92. The molecule has 2 aromatic rings. The zero-order chi connectivity index (χ0) is 18.1. The van der Waals surface area contributed by atoms with E-state index in [-0.39, 0.29) is 36.8 Å². The predicted octanol–water partition coefficient (Wildman–Crippen LogP) is 2.15. The number of carbonyl (C=O) groups is 3. The number of ether oxygens (including phenoxy) is 1. The maximum absolute atomic E-state index is 12.4. The number of likely N-dealkylation sites (tertiary alicyclic amines) is 1. The van der Waals surface area contributed by atoms with Crippen molar-refractivity contribution < 1.29 is 28.1 Å². The summed E-state index contributed by atoms with van der Waals surface area (Å²) in [6.07, 6.45) is 4.84. The highest BCUT2D eigenvalue weighted by molar-refractivity contribution is 6.07. The van der Waals surface area contributed by atoms with Gasteiger partial charge < -0.3 is 13.7 Å². The van der Waals surface area contributed by atoms with Gasteiger partial charge in [-0.3, -0.25) is 19.3 Å². The number of nitrogens with zero attached hydrogens (tertiary/aromatic N) is 2. The SMILES string of the molecule is O=C(CN1C(=O)[C@@H]2CCCC[C@H]2C1=O)OCc1cc(-c2ccco2)on1. The van der Waals surface area contributed by atoms with E-state index < -0.39 is 5.97 Å². The molecule has 4 rings (SSSR count). The number of hydrogen-bond acceptors (Lipinski definition) is 7. The molecule has 2 aromatic heterocycles. The quantitative estimate of drug-likeness (QED) is 0.596. The van der Waals surface area contributed by atoms with E-state index in [4.69, 9.17) is 13.7 Å². The fourth-order valence-corrected chi connectivity index (χ4v) is 3.63. The number of esters is 1. The van der Waals surface area contributed by atoms with Gasteiger partial charge in [0.15, 0.2) is 5.76 Å². The van der Waals surface area contributed by atoms with Gasteiger partial charge in [-0.1, -0.05) is 18.0 Å². The lowest BCUT2D eigenvalue weighted by atomic mass is 9.81. The number of amides is 2. The van der Waals surface area contributed by atoms with E-state index >= 15 is 0 Å². The second-order valence-electron chi connectivity index (χ2n) is 6.58. The molecule has 2 atom stereocenters. The molecule has 1 saturated carbocycles. The molecule has 3 heterocycles. The van der Waals surface area contributed by atoms with Crippen molar-refractivity contribution in [3.63, 3.8) is 0 Å². The molecule has 0 bridgehead atoms. The summed E-state index contributed by atoms with van der Waals surface area (Å²) in [4.78, 5) is 37.8. The van der Waals surface area contributed by atoms with Crippen LogP contribution in [0.1, 0.15) is 31.4 Å². The van der Waals surface area contributed by atoms with Crippen LogP contribution in [0.4, 0.5) is 0 Å². The summed E-state index contributed by atoms with van der Waals surface area (Å²) < 4.78 is 15.4. The van der Waals surface area contributed by atoms with E-state index in [2.05, 4.69) is 5.16 Å². The van der Waals surface area contributed by atoms with Gasteiger partial charge >= 0.3 is 5.97 Å². The lowest BCUT2D eigenvalue weighted by Gasteiger charge is -2.19. The average Bonchev–Trinajstić information content (AvgIpc) is 3.38. The molecule has 0 N–H and O–H groups in total. The molecule has 0 unspecified atom stereocenters. The van der Waals surface area contributed by atoms with Gasteiger partial charge in [-0.15, -0.1) is 0 Å². The summed E-state index contributed by atoms with van der Waals surface area (Å²) in [5.74, 6) is -0.740. The van der Waals surface area contributed by atoms with Crippen molar-refractivity contribution in [2.24, 2.45) is 11.8 Å². The van der Waals surface area contributed by atoms with Gasteiger partial charge in [-0.25, -0.2) is 0 Å². The Labute approximate surface area is 149 Å². The van der Waals surface area contributed by atoms with Crippen molar-refractivity contribution in [2.75, 3.05) is 6.54 Å². The molecule has 2 aliphatic rings. The number of rotatable bonds is 5. The van der Waals surface area contributed by atoms with E-state index in [0.29, 0.717) is 17.2 Å². The number of hydrogen-bond donors (Lipinski definition) is 0. The van der Waals surface area contributed by atoms with Crippen LogP contribution in [-0.4, -0.2) is 34.4 Å². The first-order valence-electron chi connectivity index (χ1n) is 8.64. The van der Waals surface area contributed by atoms with Crippen LogP contribution in [0.25, 0.3) is 11.5 Å². The van der Waals surface area contributed by atoms with Gasteiger partial charge in [-0.2, -0.15) is 0 Å². The van der Waals surface area contributed by atoms with Crippen LogP contribution < -0.4 is 0 Å². The lowest BCUT2D eigenvalue weighted by molar-refractivity contribution is -0.153. The molecule has 8 heteroatoms.